The monoisotopic (exact) mass is 425 g/mol. The molecule has 0 radical (unpaired) electrons. The van der Waals surface area contributed by atoms with Crippen LogP contribution in [0.25, 0.3) is 0 Å². The Labute approximate surface area is 186 Å². The Hall–Kier alpha value is -1.66. The van der Waals surface area contributed by atoms with Crippen molar-refractivity contribution in [1.82, 2.24) is 0 Å². The lowest BCUT2D eigenvalue weighted by atomic mass is 9.82. The lowest BCUT2D eigenvalue weighted by molar-refractivity contribution is 0.444. The fourth-order valence-electron chi connectivity index (χ4n) is 3.97. The fourth-order valence-corrected chi connectivity index (χ4v) is 5.63. The van der Waals surface area contributed by atoms with Crippen molar-refractivity contribution in [2.24, 2.45) is 4.99 Å². The van der Waals surface area contributed by atoms with Crippen molar-refractivity contribution in [3.63, 3.8) is 0 Å². The third kappa shape index (κ3) is 5.94. The number of unbranched alkanes of at least 4 members (excludes halogenated alkanes) is 2. The van der Waals surface area contributed by atoms with E-state index in [0.29, 0.717) is 14.3 Å². The first-order valence-electron chi connectivity index (χ1n) is 11.2. The Morgan fingerprint density at radius 3 is 2.33 bits per heavy atom. The zero-order valence-corrected chi connectivity index (χ0v) is 21.2. The molecule has 30 heavy (non-hydrogen) atoms. The van der Waals surface area contributed by atoms with Crippen molar-refractivity contribution in [2.75, 3.05) is 7.05 Å². The number of hydrogen-bond acceptors (Lipinski definition) is 2. The van der Waals surface area contributed by atoms with E-state index in [1.807, 2.05) is 20.2 Å². The van der Waals surface area contributed by atoms with Gasteiger partial charge in [-0.05, 0) is 53.7 Å². The van der Waals surface area contributed by atoms with Crippen molar-refractivity contribution < 1.29 is 5.11 Å². The zero-order chi connectivity index (χ0) is 22.5. The van der Waals surface area contributed by atoms with Crippen LogP contribution in [-0.4, -0.2) is 18.4 Å². The Balaban J connectivity index is 2.62. The molecule has 0 bridgehead atoms. The maximum atomic E-state index is 11.2. The van der Waals surface area contributed by atoms with Gasteiger partial charge in [-0.25, -0.2) is 0 Å². The number of aliphatic imine (C=N–C) groups is 1. The van der Waals surface area contributed by atoms with Gasteiger partial charge in [-0.3, -0.25) is 4.99 Å². The minimum atomic E-state index is -0.114. The third-order valence-electron chi connectivity index (χ3n) is 5.93. The van der Waals surface area contributed by atoms with Gasteiger partial charge in [0.05, 0.1) is 0 Å². The molecule has 2 nitrogen and oxygen atoms in total. The topological polar surface area (TPSA) is 32.6 Å². The first-order chi connectivity index (χ1) is 14.0. The average molecular weight is 426 g/mol. The number of phenolic OH excluding ortho intramolecular Hbond substituents is 1. The molecule has 3 heteroatoms. The summed E-state index contributed by atoms with van der Waals surface area (Å²) in [4.78, 5) is 4.29. The van der Waals surface area contributed by atoms with Gasteiger partial charge in [0.15, 0.2) is 0 Å². The summed E-state index contributed by atoms with van der Waals surface area (Å²) in [6.45, 7) is 15.5. The Morgan fingerprint density at radius 1 is 1.03 bits per heavy atom. The highest BCUT2D eigenvalue weighted by Crippen LogP contribution is 2.50. The van der Waals surface area contributed by atoms with Crippen LogP contribution in [0.15, 0.2) is 35.3 Å². The maximum absolute atomic E-state index is 11.2. The van der Waals surface area contributed by atoms with Crippen LogP contribution >= 0.6 is 8.58 Å². The average Bonchev–Trinajstić information content (AvgIpc) is 2.65. The second-order valence-electron chi connectivity index (χ2n) is 9.83. The van der Waals surface area contributed by atoms with Crippen LogP contribution in [0.4, 0.5) is 0 Å². The van der Waals surface area contributed by atoms with E-state index in [9.17, 15) is 5.11 Å². The van der Waals surface area contributed by atoms with Crippen LogP contribution < -0.4 is 5.30 Å². The number of hydrogen-bond donors (Lipinski definition) is 1. The second-order valence-corrected chi connectivity index (χ2v) is 11.7. The molecule has 164 valence electrons. The largest absolute Gasteiger partial charge is 0.507 e. The molecule has 0 aromatic heterocycles. The summed E-state index contributed by atoms with van der Waals surface area (Å²) in [6, 6.07) is 11.1. The predicted molar refractivity (Wildman–Crippen MR) is 136 cm³/mol. The molecule has 1 N–H and O–H groups in total. The molecule has 2 aromatic carbocycles. The van der Waals surface area contributed by atoms with Gasteiger partial charge >= 0.3 is 0 Å². The summed E-state index contributed by atoms with van der Waals surface area (Å²) in [5.74, 6) is 0.465. The number of benzene rings is 2. The molecule has 0 spiro atoms. The second kappa shape index (κ2) is 10.1. The van der Waals surface area contributed by atoms with Crippen molar-refractivity contribution >= 4 is 20.1 Å². The lowest BCUT2D eigenvalue weighted by Gasteiger charge is -2.34. The third-order valence-corrected chi connectivity index (χ3v) is 7.72. The van der Waals surface area contributed by atoms with Crippen molar-refractivity contribution in [1.29, 1.82) is 0 Å². The predicted octanol–water partition coefficient (Wildman–Crippen LogP) is 7.15. The van der Waals surface area contributed by atoms with E-state index in [1.165, 1.54) is 41.3 Å². The quantitative estimate of drug-likeness (QED) is 0.272. The van der Waals surface area contributed by atoms with Crippen molar-refractivity contribution in [3.8, 4) is 5.75 Å². The molecule has 2 unspecified atom stereocenters. The van der Waals surface area contributed by atoms with E-state index in [2.05, 4.69) is 76.9 Å². The number of rotatable bonds is 8. The highest BCUT2D eigenvalue weighted by Gasteiger charge is 2.32. The highest BCUT2D eigenvalue weighted by atomic mass is 31.1. The molecule has 0 saturated carbocycles. The van der Waals surface area contributed by atoms with Crippen LogP contribution in [-0.2, 0) is 10.6 Å². The van der Waals surface area contributed by atoms with E-state index in [0.717, 1.165) is 17.5 Å². The molecular weight excluding hydrogens is 385 g/mol. The molecule has 2 rings (SSSR count). The molecule has 0 fully saturated rings. The minimum absolute atomic E-state index is 0.0462. The summed E-state index contributed by atoms with van der Waals surface area (Å²) < 4.78 is 0. The number of aromatic hydroxyl groups is 1. The van der Waals surface area contributed by atoms with E-state index in [1.54, 1.807) is 0 Å². The summed E-state index contributed by atoms with van der Waals surface area (Å²) in [6.07, 6.45) is 6.62. The summed E-state index contributed by atoms with van der Waals surface area (Å²) in [5, 5.41) is 12.4. The summed E-state index contributed by atoms with van der Waals surface area (Å²) >= 11 is 0. The number of aryl methyl sites for hydroxylation is 2. The summed E-state index contributed by atoms with van der Waals surface area (Å²) in [7, 11) is 2.39. The SMILES string of the molecule is CCCCCC(C)(Pc1ccc(C)cc1C=NC)c1cc(C(C)(C)C)cc(C)c1O. The molecule has 2 atom stereocenters. The Kier molecular flexibility index (Phi) is 8.28. The smallest absolute Gasteiger partial charge is 0.122 e. The van der Waals surface area contributed by atoms with E-state index in [-0.39, 0.29) is 10.6 Å². The van der Waals surface area contributed by atoms with Crippen molar-refractivity contribution in [2.45, 2.75) is 84.7 Å². The van der Waals surface area contributed by atoms with Crippen LogP contribution in [0, 0.1) is 13.8 Å². The van der Waals surface area contributed by atoms with Crippen LogP contribution in [0.1, 0.15) is 88.1 Å². The normalized spacial score (nSPS) is 14.7. The number of phenols is 1. The Morgan fingerprint density at radius 2 is 1.73 bits per heavy atom. The highest BCUT2D eigenvalue weighted by molar-refractivity contribution is 7.48. The first-order valence-corrected chi connectivity index (χ1v) is 12.2. The van der Waals surface area contributed by atoms with Gasteiger partial charge < -0.3 is 5.11 Å². The Bertz CT molecular complexity index is 894. The zero-order valence-electron chi connectivity index (χ0n) is 20.2. The molecular formula is C27H40NOP. The van der Waals surface area contributed by atoms with Crippen LogP contribution in [0.5, 0.6) is 5.75 Å². The molecule has 0 saturated heterocycles. The van der Waals surface area contributed by atoms with Gasteiger partial charge in [0, 0.05) is 24.0 Å². The number of nitrogens with zero attached hydrogens (tertiary/aromatic N) is 1. The minimum Gasteiger partial charge on any atom is -0.507 e. The van der Waals surface area contributed by atoms with Gasteiger partial charge in [0.2, 0.25) is 0 Å². The first kappa shape index (κ1) is 24.6. The van der Waals surface area contributed by atoms with E-state index in [4.69, 9.17) is 0 Å². The molecule has 0 amide bonds. The van der Waals surface area contributed by atoms with Gasteiger partial charge in [0.25, 0.3) is 0 Å². The van der Waals surface area contributed by atoms with Crippen LogP contribution in [0.3, 0.4) is 0 Å². The van der Waals surface area contributed by atoms with Crippen LogP contribution in [0.2, 0.25) is 0 Å². The molecule has 0 aliphatic heterocycles. The molecule has 0 aliphatic carbocycles. The molecule has 2 aromatic rings. The van der Waals surface area contributed by atoms with Crippen molar-refractivity contribution in [3.05, 3.63) is 58.1 Å². The fraction of sp³-hybridized carbons (Fsp3) is 0.519. The standard InChI is InChI=1S/C27H40NOP/c1-9-10-11-14-27(7,30-24-13-12-19(2)15-21(24)18-28-8)23-17-22(26(4,5)6)16-20(3)25(23)29/h12-13,15-18,29-30H,9-11,14H2,1-8H3. The lowest BCUT2D eigenvalue weighted by Crippen LogP contribution is -2.23. The molecule has 0 heterocycles. The summed E-state index contributed by atoms with van der Waals surface area (Å²) in [5.41, 5.74) is 5.86. The van der Waals surface area contributed by atoms with Gasteiger partial charge in [-0.15, -0.1) is 0 Å². The van der Waals surface area contributed by atoms with Gasteiger partial charge in [-0.1, -0.05) is 92.3 Å². The van der Waals surface area contributed by atoms with Gasteiger partial charge in [-0.2, -0.15) is 0 Å². The van der Waals surface area contributed by atoms with Gasteiger partial charge in [0.1, 0.15) is 5.75 Å². The van der Waals surface area contributed by atoms with E-state index < -0.39 is 0 Å². The van der Waals surface area contributed by atoms with E-state index >= 15 is 0 Å². The molecule has 0 aliphatic rings. The maximum Gasteiger partial charge on any atom is 0.122 e.